The normalized spacial score (nSPS) is 12.7. The Balaban J connectivity index is 4.43. The molecule has 0 amide bonds. The Labute approximate surface area is 414 Å². The van der Waals surface area contributed by atoms with E-state index in [-0.39, 0.29) is 37.5 Å². The van der Waals surface area contributed by atoms with E-state index in [0.717, 1.165) is 96.3 Å². The van der Waals surface area contributed by atoms with E-state index in [0.29, 0.717) is 19.3 Å². The van der Waals surface area contributed by atoms with Gasteiger partial charge in [-0.15, -0.1) is 0 Å². The van der Waals surface area contributed by atoms with Crippen LogP contribution in [-0.4, -0.2) is 37.2 Å². The minimum absolute atomic E-state index is 0.0961. The fourth-order valence-corrected chi connectivity index (χ4v) is 7.68. The molecule has 0 aromatic heterocycles. The number of rotatable bonds is 50. The standard InChI is InChI=1S/C61H104O6/c1-4-7-10-13-16-19-22-25-27-28-29-30-31-32-34-36-39-42-45-48-51-54-60(63)66-57-58(56-65-59(62)53-50-47-44-41-38-35-24-21-18-15-12-9-6-3)67-61(64)55-52-49-46-43-40-37-33-26-23-20-17-14-11-8-5-2/h8,11,17,20,22,25-26,28-29,31-33,40,43,58H,4-7,9-10,12-16,18-19,21,23-24,27,30,34-39,41-42,44-57H2,1-3H3/b11-8-,20-17-,25-22-,29-28-,32-31-,33-26-,43-40-. The molecular weight excluding hydrogens is 829 g/mol. The van der Waals surface area contributed by atoms with Gasteiger partial charge in [-0.25, -0.2) is 0 Å². The molecule has 0 aliphatic rings. The van der Waals surface area contributed by atoms with Crippen LogP contribution in [0.3, 0.4) is 0 Å². The fourth-order valence-electron chi connectivity index (χ4n) is 7.68. The third kappa shape index (κ3) is 53.4. The van der Waals surface area contributed by atoms with Gasteiger partial charge in [0.15, 0.2) is 6.10 Å². The van der Waals surface area contributed by atoms with Gasteiger partial charge in [-0.2, -0.15) is 0 Å². The number of allylic oxidation sites excluding steroid dienone is 14. The van der Waals surface area contributed by atoms with Crippen molar-refractivity contribution >= 4 is 17.9 Å². The van der Waals surface area contributed by atoms with Gasteiger partial charge in [0.2, 0.25) is 0 Å². The molecule has 0 N–H and O–H groups in total. The molecule has 0 aromatic rings. The summed E-state index contributed by atoms with van der Waals surface area (Å²) in [6.07, 6.45) is 71.4. The first-order valence-electron chi connectivity index (χ1n) is 28.1. The third-order valence-corrected chi connectivity index (χ3v) is 11.9. The molecule has 0 rings (SSSR count). The summed E-state index contributed by atoms with van der Waals surface area (Å²) in [5.41, 5.74) is 0. The average Bonchev–Trinajstić information content (AvgIpc) is 3.33. The zero-order valence-electron chi connectivity index (χ0n) is 43.9. The lowest BCUT2D eigenvalue weighted by Crippen LogP contribution is -2.30. The number of hydrogen-bond donors (Lipinski definition) is 0. The Morgan fingerprint density at radius 3 is 0.940 bits per heavy atom. The van der Waals surface area contributed by atoms with E-state index in [2.05, 4.69) is 106 Å². The fraction of sp³-hybridized carbons (Fsp3) is 0.721. The SMILES string of the molecule is CC/C=C\C/C=C\C/C=C\C/C=C\CCCCC(=O)OC(COC(=O)CCCCCCCC/C=C\C/C=C\C/C=C\CCCCCCC)COC(=O)CCCCCCCCCCCCCCC. The first-order valence-corrected chi connectivity index (χ1v) is 28.1. The number of esters is 3. The predicted molar refractivity (Wildman–Crippen MR) is 288 cm³/mol. The van der Waals surface area contributed by atoms with Gasteiger partial charge >= 0.3 is 17.9 Å². The molecule has 384 valence electrons. The molecule has 0 heterocycles. The number of carbonyl (C=O) groups excluding carboxylic acids is 3. The molecule has 0 aliphatic carbocycles. The van der Waals surface area contributed by atoms with Crippen molar-refractivity contribution < 1.29 is 28.6 Å². The molecule has 0 radical (unpaired) electrons. The molecule has 1 unspecified atom stereocenters. The van der Waals surface area contributed by atoms with Crippen LogP contribution >= 0.6 is 0 Å². The molecule has 6 nitrogen and oxygen atoms in total. The molecule has 0 aromatic carbocycles. The number of carbonyl (C=O) groups is 3. The zero-order chi connectivity index (χ0) is 48.6. The minimum atomic E-state index is -0.802. The highest BCUT2D eigenvalue weighted by Crippen LogP contribution is 2.15. The van der Waals surface area contributed by atoms with Crippen molar-refractivity contribution in [2.45, 2.75) is 271 Å². The number of unbranched alkanes of at least 4 members (excludes halogenated alkanes) is 25. The predicted octanol–water partition coefficient (Wildman–Crippen LogP) is 18.8. The zero-order valence-corrected chi connectivity index (χ0v) is 43.9. The van der Waals surface area contributed by atoms with Gasteiger partial charge in [-0.05, 0) is 96.3 Å². The topological polar surface area (TPSA) is 78.9 Å². The van der Waals surface area contributed by atoms with Crippen molar-refractivity contribution in [2.75, 3.05) is 13.2 Å². The summed E-state index contributed by atoms with van der Waals surface area (Å²) in [5, 5.41) is 0. The highest BCUT2D eigenvalue weighted by atomic mass is 16.6. The quantitative estimate of drug-likeness (QED) is 0.0262. The molecule has 6 heteroatoms. The summed E-state index contributed by atoms with van der Waals surface area (Å²) >= 11 is 0. The molecule has 0 spiro atoms. The van der Waals surface area contributed by atoms with Crippen molar-refractivity contribution in [3.8, 4) is 0 Å². The number of ether oxygens (including phenoxy) is 3. The maximum absolute atomic E-state index is 12.8. The van der Waals surface area contributed by atoms with E-state index in [4.69, 9.17) is 14.2 Å². The van der Waals surface area contributed by atoms with Crippen LogP contribution in [0.15, 0.2) is 85.1 Å². The summed E-state index contributed by atoms with van der Waals surface area (Å²) < 4.78 is 16.8. The van der Waals surface area contributed by atoms with Crippen LogP contribution in [-0.2, 0) is 28.6 Å². The first kappa shape index (κ1) is 63.6. The van der Waals surface area contributed by atoms with Crippen LogP contribution in [0, 0.1) is 0 Å². The van der Waals surface area contributed by atoms with Crippen molar-refractivity contribution in [3.05, 3.63) is 85.1 Å². The van der Waals surface area contributed by atoms with Crippen molar-refractivity contribution in [1.29, 1.82) is 0 Å². The van der Waals surface area contributed by atoms with Crippen LogP contribution in [0.25, 0.3) is 0 Å². The van der Waals surface area contributed by atoms with Gasteiger partial charge in [0.05, 0.1) is 0 Å². The molecule has 0 aliphatic heterocycles. The highest BCUT2D eigenvalue weighted by Gasteiger charge is 2.19. The van der Waals surface area contributed by atoms with Gasteiger partial charge in [0.25, 0.3) is 0 Å². The van der Waals surface area contributed by atoms with E-state index >= 15 is 0 Å². The summed E-state index contributed by atoms with van der Waals surface area (Å²) in [6, 6.07) is 0. The van der Waals surface area contributed by atoms with Gasteiger partial charge in [0, 0.05) is 19.3 Å². The smallest absolute Gasteiger partial charge is 0.306 e. The minimum Gasteiger partial charge on any atom is -0.462 e. The summed E-state index contributed by atoms with van der Waals surface area (Å²) in [6.45, 7) is 6.47. The molecule has 1 atom stereocenters. The van der Waals surface area contributed by atoms with E-state index in [1.54, 1.807) is 0 Å². The first-order chi connectivity index (χ1) is 33.0. The molecular formula is C61H104O6. The average molecular weight is 933 g/mol. The van der Waals surface area contributed by atoms with Gasteiger partial charge in [-0.1, -0.05) is 234 Å². The van der Waals surface area contributed by atoms with Gasteiger partial charge in [0.1, 0.15) is 13.2 Å². The Bertz CT molecular complexity index is 1300. The van der Waals surface area contributed by atoms with Crippen molar-refractivity contribution in [3.63, 3.8) is 0 Å². The monoisotopic (exact) mass is 933 g/mol. The second-order valence-corrected chi connectivity index (χ2v) is 18.5. The highest BCUT2D eigenvalue weighted by molar-refractivity contribution is 5.71. The van der Waals surface area contributed by atoms with Crippen LogP contribution in [0.2, 0.25) is 0 Å². The molecule has 0 bridgehead atoms. The maximum Gasteiger partial charge on any atom is 0.306 e. The van der Waals surface area contributed by atoms with E-state index in [9.17, 15) is 14.4 Å². The largest absolute Gasteiger partial charge is 0.462 e. The van der Waals surface area contributed by atoms with E-state index < -0.39 is 6.10 Å². The van der Waals surface area contributed by atoms with Crippen LogP contribution in [0.5, 0.6) is 0 Å². The van der Waals surface area contributed by atoms with Crippen LogP contribution in [0.4, 0.5) is 0 Å². The van der Waals surface area contributed by atoms with E-state index in [1.807, 2.05) is 0 Å². The molecule has 0 saturated heterocycles. The molecule has 67 heavy (non-hydrogen) atoms. The van der Waals surface area contributed by atoms with Gasteiger partial charge in [-0.3, -0.25) is 14.4 Å². The Morgan fingerprint density at radius 1 is 0.313 bits per heavy atom. The van der Waals surface area contributed by atoms with E-state index in [1.165, 1.54) is 122 Å². The second-order valence-electron chi connectivity index (χ2n) is 18.5. The lowest BCUT2D eigenvalue weighted by Gasteiger charge is -2.18. The Kier molecular flexibility index (Phi) is 52.4. The third-order valence-electron chi connectivity index (χ3n) is 11.9. The summed E-state index contributed by atoms with van der Waals surface area (Å²) in [5.74, 6) is -0.947. The summed E-state index contributed by atoms with van der Waals surface area (Å²) in [7, 11) is 0. The molecule has 0 fully saturated rings. The number of hydrogen-bond acceptors (Lipinski definition) is 6. The Hall–Kier alpha value is -3.41. The van der Waals surface area contributed by atoms with Crippen LogP contribution in [0.1, 0.15) is 265 Å². The second kappa shape index (κ2) is 55.2. The lowest BCUT2D eigenvalue weighted by atomic mass is 10.0. The van der Waals surface area contributed by atoms with Crippen molar-refractivity contribution in [2.24, 2.45) is 0 Å². The Morgan fingerprint density at radius 2 is 0.582 bits per heavy atom. The summed E-state index contributed by atoms with van der Waals surface area (Å²) in [4.78, 5) is 38.1. The van der Waals surface area contributed by atoms with Gasteiger partial charge < -0.3 is 14.2 Å². The lowest BCUT2D eigenvalue weighted by molar-refractivity contribution is -0.167. The maximum atomic E-state index is 12.8. The molecule has 0 saturated carbocycles. The van der Waals surface area contributed by atoms with Crippen LogP contribution < -0.4 is 0 Å². The van der Waals surface area contributed by atoms with Crippen molar-refractivity contribution in [1.82, 2.24) is 0 Å².